The fraction of sp³-hybridized carbons (Fsp3) is 0. The smallest absolute Gasteiger partial charge is 0.164 e. The van der Waals surface area contributed by atoms with Crippen molar-refractivity contribution in [2.45, 2.75) is 0 Å². The van der Waals surface area contributed by atoms with Crippen LogP contribution >= 0.6 is 0 Å². The fourth-order valence-corrected chi connectivity index (χ4v) is 9.26. The van der Waals surface area contributed by atoms with Gasteiger partial charge in [-0.25, -0.2) is 15.0 Å². The summed E-state index contributed by atoms with van der Waals surface area (Å²) in [5.41, 5.74) is 8.33. The summed E-state index contributed by atoms with van der Waals surface area (Å²) < 4.78 is 12.7. The third kappa shape index (κ3) is 5.03. The summed E-state index contributed by atoms with van der Waals surface area (Å²) in [7, 11) is 0. The van der Waals surface area contributed by atoms with Crippen molar-refractivity contribution in [1.82, 2.24) is 15.0 Å². The lowest BCUT2D eigenvalue weighted by Crippen LogP contribution is -2.01. The van der Waals surface area contributed by atoms with Crippen LogP contribution in [0.1, 0.15) is 0 Å². The van der Waals surface area contributed by atoms with Crippen LogP contribution < -0.4 is 0 Å². The van der Waals surface area contributed by atoms with Crippen LogP contribution in [0.5, 0.6) is 0 Å². The number of hydrogen-bond acceptors (Lipinski definition) is 5. The summed E-state index contributed by atoms with van der Waals surface area (Å²) >= 11 is 0. The van der Waals surface area contributed by atoms with E-state index in [1.165, 1.54) is 16.2 Å². The minimum absolute atomic E-state index is 0.594. The third-order valence-corrected chi connectivity index (χ3v) is 12.1. The molecular weight excluding hydrogens is 735 g/mol. The molecule has 0 aliphatic heterocycles. The average Bonchev–Trinajstić information content (AvgIpc) is 3.90. The molecule has 3 aromatic heterocycles. The molecule has 0 atom stereocenters. The van der Waals surface area contributed by atoms with Crippen LogP contribution in [0.25, 0.3) is 132 Å². The number of nitrogens with zero attached hydrogens (tertiary/aromatic N) is 3. The molecule has 0 saturated carbocycles. The minimum atomic E-state index is 0.594. The Balaban J connectivity index is 1.07. The second kappa shape index (κ2) is 12.7. The van der Waals surface area contributed by atoms with Gasteiger partial charge in [0, 0.05) is 38.2 Å². The number of fused-ring (bicyclic) bond motifs is 12. The molecule has 0 amide bonds. The van der Waals surface area contributed by atoms with Crippen LogP contribution in [0.3, 0.4) is 0 Å². The highest BCUT2D eigenvalue weighted by Crippen LogP contribution is 2.42. The van der Waals surface area contributed by atoms with E-state index in [4.69, 9.17) is 23.8 Å². The Kier molecular flexibility index (Phi) is 6.95. The zero-order valence-electron chi connectivity index (χ0n) is 32.1. The molecule has 10 aromatic carbocycles. The summed E-state index contributed by atoms with van der Waals surface area (Å²) in [5, 5.41) is 13.5. The predicted octanol–water partition coefficient (Wildman–Crippen LogP) is 15.0. The summed E-state index contributed by atoms with van der Waals surface area (Å²) in [6.07, 6.45) is 0. The normalized spacial score (nSPS) is 12.0. The number of furan rings is 2. The largest absolute Gasteiger partial charge is 0.456 e. The highest BCUT2D eigenvalue weighted by atomic mass is 16.3. The SMILES string of the molecule is c1ccc2c(-c3cccc4oc5ccccc5c34)cc(-c3nc(-c4ccc5c(ccc6ccccc65)c4)nc(-c4ccc5ccc6oc7ccccc7c6c5c4)n3)cc2c1. The first-order valence-corrected chi connectivity index (χ1v) is 20.2. The van der Waals surface area contributed by atoms with Crippen molar-refractivity contribution in [3.63, 3.8) is 0 Å². The first kappa shape index (κ1) is 32.9. The number of hydrogen-bond donors (Lipinski definition) is 0. The van der Waals surface area contributed by atoms with E-state index in [-0.39, 0.29) is 0 Å². The highest BCUT2D eigenvalue weighted by Gasteiger charge is 2.19. The van der Waals surface area contributed by atoms with Crippen LogP contribution in [-0.2, 0) is 0 Å². The van der Waals surface area contributed by atoms with Crippen molar-refractivity contribution < 1.29 is 8.83 Å². The van der Waals surface area contributed by atoms with Crippen molar-refractivity contribution in [2.75, 3.05) is 0 Å². The molecule has 0 aliphatic carbocycles. The number of benzene rings is 10. The monoisotopic (exact) mass is 765 g/mol. The van der Waals surface area contributed by atoms with Gasteiger partial charge in [-0.1, -0.05) is 140 Å². The molecule has 0 spiro atoms. The lowest BCUT2D eigenvalue weighted by atomic mass is 9.92. The quantitative estimate of drug-likeness (QED) is 0.167. The third-order valence-electron chi connectivity index (χ3n) is 12.1. The second-order valence-electron chi connectivity index (χ2n) is 15.5. The van der Waals surface area contributed by atoms with Crippen molar-refractivity contribution >= 4 is 87.0 Å². The lowest BCUT2D eigenvalue weighted by Gasteiger charge is -2.14. The topological polar surface area (TPSA) is 65.0 Å². The Morgan fingerprint density at radius 3 is 1.57 bits per heavy atom. The van der Waals surface area contributed by atoms with Crippen molar-refractivity contribution in [2.24, 2.45) is 0 Å². The van der Waals surface area contributed by atoms with E-state index in [1.54, 1.807) is 0 Å². The van der Waals surface area contributed by atoms with Gasteiger partial charge in [0.15, 0.2) is 17.5 Å². The van der Waals surface area contributed by atoms with Crippen molar-refractivity contribution in [3.05, 3.63) is 188 Å². The maximum Gasteiger partial charge on any atom is 0.164 e. The van der Waals surface area contributed by atoms with Gasteiger partial charge in [-0.15, -0.1) is 0 Å². The molecule has 0 fully saturated rings. The summed E-state index contributed by atoms with van der Waals surface area (Å²) in [4.78, 5) is 15.9. The van der Waals surface area contributed by atoms with E-state index in [0.717, 1.165) is 98.6 Å². The van der Waals surface area contributed by atoms with Crippen LogP contribution in [0.4, 0.5) is 0 Å². The molecule has 0 saturated heterocycles. The Morgan fingerprint density at radius 2 is 0.767 bits per heavy atom. The fourth-order valence-electron chi connectivity index (χ4n) is 9.26. The average molecular weight is 766 g/mol. The molecule has 0 N–H and O–H groups in total. The molecule has 13 aromatic rings. The molecule has 5 heteroatoms. The Hall–Kier alpha value is -8.15. The minimum Gasteiger partial charge on any atom is -0.456 e. The van der Waals surface area contributed by atoms with Gasteiger partial charge >= 0.3 is 0 Å². The zero-order valence-corrected chi connectivity index (χ0v) is 32.1. The van der Waals surface area contributed by atoms with Gasteiger partial charge in [-0.05, 0) is 103 Å². The first-order valence-electron chi connectivity index (χ1n) is 20.2. The molecule has 13 rings (SSSR count). The molecule has 0 radical (unpaired) electrons. The van der Waals surface area contributed by atoms with E-state index in [9.17, 15) is 0 Å². The van der Waals surface area contributed by atoms with Gasteiger partial charge in [0.05, 0.1) is 0 Å². The van der Waals surface area contributed by atoms with Gasteiger partial charge in [0.1, 0.15) is 22.3 Å². The Bertz CT molecular complexity index is 3910. The molecule has 0 unspecified atom stereocenters. The van der Waals surface area contributed by atoms with Crippen LogP contribution in [0.15, 0.2) is 197 Å². The van der Waals surface area contributed by atoms with Gasteiger partial charge in [-0.3, -0.25) is 0 Å². The van der Waals surface area contributed by atoms with Crippen LogP contribution in [0.2, 0.25) is 0 Å². The Morgan fingerprint density at radius 1 is 0.267 bits per heavy atom. The molecular formula is C55H31N3O2. The summed E-state index contributed by atoms with van der Waals surface area (Å²) in [5.74, 6) is 1.80. The van der Waals surface area contributed by atoms with E-state index >= 15 is 0 Å². The van der Waals surface area contributed by atoms with Crippen LogP contribution in [-0.4, -0.2) is 15.0 Å². The van der Waals surface area contributed by atoms with E-state index < -0.39 is 0 Å². The van der Waals surface area contributed by atoms with Crippen LogP contribution in [0, 0.1) is 0 Å². The summed E-state index contributed by atoms with van der Waals surface area (Å²) in [6, 6.07) is 65.8. The molecule has 5 nitrogen and oxygen atoms in total. The lowest BCUT2D eigenvalue weighted by molar-refractivity contribution is 0.668. The molecule has 0 aliphatic rings. The summed E-state index contributed by atoms with van der Waals surface area (Å²) in [6.45, 7) is 0. The zero-order chi connectivity index (χ0) is 39.3. The maximum atomic E-state index is 6.36. The van der Waals surface area contributed by atoms with E-state index in [2.05, 4.69) is 158 Å². The van der Waals surface area contributed by atoms with Crippen molar-refractivity contribution in [1.29, 1.82) is 0 Å². The number of rotatable bonds is 4. The first-order chi connectivity index (χ1) is 29.7. The van der Waals surface area contributed by atoms with Gasteiger partial charge < -0.3 is 8.83 Å². The van der Waals surface area contributed by atoms with Gasteiger partial charge in [-0.2, -0.15) is 0 Å². The maximum absolute atomic E-state index is 6.36. The van der Waals surface area contributed by atoms with Gasteiger partial charge in [0.2, 0.25) is 0 Å². The van der Waals surface area contributed by atoms with E-state index in [1.807, 2.05) is 30.3 Å². The van der Waals surface area contributed by atoms with Crippen molar-refractivity contribution in [3.8, 4) is 45.3 Å². The standard InChI is InChI=1S/C55H31N3O2/c1-3-12-39-32(10-1)20-22-35-28-36(24-26-41(35)39)53-56-54(37-23-21-33-25-27-50-52(45(33)30-37)44-15-6-8-18-48(44)60-50)58-55(57-53)38-29-34-11-2-4-13-40(34)46(31-38)42-16-9-19-49-51(42)43-14-5-7-17-47(43)59-49/h1-31H. The molecule has 60 heavy (non-hydrogen) atoms. The molecule has 3 heterocycles. The number of para-hydroxylation sites is 2. The number of aromatic nitrogens is 3. The predicted molar refractivity (Wildman–Crippen MR) is 246 cm³/mol. The molecule has 278 valence electrons. The molecule has 0 bridgehead atoms. The Labute approximate surface area is 342 Å². The van der Waals surface area contributed by atoms with E-state index in [0.29, 0.717) is 17.5 Å². The van der Waals surface area contributed by atoms with Gasteiger partial charge in [0.25, 0.3) is 0 Å². The second-order valence-corrected chi connectivity index (χ2v) is 15.5. The highest BCUT2D eigenvalue weighted by molar-refractivity contribution is 6.19.